The van der Waals surface area contributed by atoms with Gasteiger partial charge in [0, 0.05) is 5.56 Å². The maximum Gasteiger partial charge on any atom is 0.416 e. The summed E-state index contributed by atoms with van der Waals surface area (Å²) in [6.45, 7) is 4.64. The van der Waals surface area contributed by atoms with Crippen molar-refractivity contribution >= 4 is 17.0 Å². The van der Waals surface area contributed by atoms with E-state index in [4.69, 9.17) is 9.84 Å². The van der Waals surface area contributed by atoms with Crippen LogP contribution < -0.4 is 4.74 Å². The van der Waals surface area contributed by atoms with Gasteiger partial charge in [-0.05, 0) is 62.7 Å². The van der Waals surface area contributed by atoms with E-state index in [1.165, 1.54) is 19.9 Å². The summed E-state index contributed by atoms with van der Waals surface area (Å²) < 4.78 is 44.1. The number of hydrogen-bond donors (Lipinski definition) is 2. The largest absolute Gasteiger partial charge is 0.478 e. The fraction of sp³-hybridized carbons (Fsp3) is 0.263. The summed E-state index contributed by atoms with van der Waals surface area (Å²) in [6, 6.07) is 8.34. The monoisotopic (exact) mass is 378 g/mol. The first-order chi connectivity index (χ1) is 12.5. The first kappa shape index (κ1) is 18.8. The molecule has 0 radical (unpaired) electrons. The molecule has 1 aromatic heterocycles. The molecule has 27 heavy (non-hydrogen) atoms. The zero-order valence-electron chi connectivity index (χ0n) is 14.8. The van der Waals surface area contributed by atoms with Crippen LogP contribution in [0.3, 0.4) is 0 Å². The molecule has 0 saturated heterocycles. The van der Waals surface area contributed by atoms with Gasteiger partial charge in [0.2, 0.25) is 0 Å². The number of benzene rings is 2. The van der Waals surface area contributed by atoms with Crippen molar-refractivity contribution in [3.05, 3.63) is 47.5 Å². The summed E-state index contributed by atoms with van der Waals surface area (Å²) >= 11 is 0. The number of carboxylic acid groups (broad SMARTS) is 1. The summed E-state index contributed by atoms with van der Waals surface area (Å²) in [5, 5.41) is 9.17. The Morgan fingerprint density at radius 1 is 1.15 bits per heavy atom. The number of aromatic amines is 1. The molecule has 0 aliphatic heterocycles. The molecule has 0 amide bonds. The number of hydrogen-bond acceptors (Lipinski definition) is 3. The molecule has 0 bridgehead atoms. The van der Waals surface area contributed by atoms with Gasteiger partial charge in [-0.3, -0.25) is 0 Å². The summed E-state index contributed by atoms with van der Waals surface area (Å²) in [6.07, 6.45) is -4.42. The minimum atomic E-state index is -4.42. The van der Waals surface area contributed by atoms with Crippen LogP contribution >= 0.6 is 0 Å². The van der Waals surface area contributed by atoms with Crippen LogP contribution in [-0.2, 0) is 11.0 Å². The van der Waals surface area contributed by atoms with E-state index in [0.29, 0.717) is 28.2 Å². The van der Waals surface area contributed by atoms with Gasteiger partial charge in [-0.1, -0.05) is 0 Å². The van der Waals surface area contributed by atoms with Gasteiger partial charge in [-0.15, -0.1) is 0 Å². The minimum Gasteiger partial charge on any atom is -0.478 e. The average molecular weight is 378 g/mol. The lowest BCUT2D eigenvalue weighted by molar-refractivity contribution is -0.152. The molecule has 0 fully saturated rings. The number of rotatable bonds is 4. The Morgan fingerprint density at radius 2 is 1.85 bits per heavy atom. The van der Waals surface area contributed by atoms with Crippen molar-refractivity contribution in [2.24, 2.45) is 0 Å². The van der Waals surface area contributed by atoms with Crippen molar-refractivity contribution in [2.75, 3.05) is 0 Å². The number of carbonyl (C=O) groups is 1. The molecule has 0 aliphatic carbocycles. The Hall–Kier alpha value is -3.03. The lowest BCUT2D eigenvalue weighted by atomic mass is 10.1. The standard InChI is InChI=1S/C19H17F3N2O3/c1-10-8-11(4-7-15(10)27-18(2,3)17(25)26)16-23-13-6-5-12(19(20,21)22)9-14(13)24-16/h4-9H,1-3H3,(H,23,24)(H,25,26). The number of alkyl halides is 3. The number of fused-ring (bicyclic) bond motifs is 1. The van der Waals surface area contributed by atoms with Crippen molar-refractivity contribution in [1.82, 2.24) is 9.97 Å². The highest BCUT2D eigenvalue weighted by Gasteiger charge is 2.31. The third-order valence-corrected chi connectivity index (χ3v) is 4.14. The Balaban J connectivity index is 1.95. The molecule has 142 valence electrons. The lowest BCUT2D eigenvalue weighted by Crippen LogP contribution is -2.38. The molecule has 2 aromatic carbocycles. The SMILES string of the molecule is Cc1cc(-c2nc3ccc(C(F)(F)F)cc3[nH]2)ccc1OC(C)(C)C(=O)O. The second kappa shape index (κ2) is 6.29. The predicted octanol–water partition coefficient (Wildman–Crippen LogP) is 4.80. The Bertz CT molecular complexity index is 1020. The number of aryl methyl sites for hydroxylation is 1. The number of H-pyrrole nitrogens is 1. The molecule has 0 saturated carbocycles. The third kappa shape index (κ3) is 3.74. The molecule has 2 N–H and O–H groups in total. The first-order valence-electron chi connectivity index (χ1n) is 8.08. The maximum absolute atomic E-state index is 12.8. The number of ether oxygens (including phenoxy) is 1. The zero-order valence-corrected chi connectivity index (χ0v) is 14.8. The normalized spacial score (nSPS) is 12.4. The van der Waals surface area contributed by atoms with Crippen LogP contribution in [0, 0.1) is 6.92 Å². The molecule has 3 rings (SSSR count). The minimum absolute atomic E-state index is 0.282. The van der Waals surface area contributed by atoms with Gasteiger partial charge in [-0.2, -0.15) is 13.2 Å². The van der Waals surface area contributed by atoms with Crippen LogP contribution in [0.5, 0.6) is 5.75 Å². The second-order valence-corrected chi connectivity index (χ2v) is 6.71. The van der Waals surface area contributed by atoms with E-state index < -0.39 is 23.3 Å². The number of aromatic nitrogens is 2. The van der Waals surface area contributed by atoms with Crippen molar-refractivity contribution in [3.8, 4) is 17.1 Å². The first-order valence-corrected chi connectivity index (χ1v) is 8.08. The van der Waals surface area contributed by atoms with Crippen molar-refractivity contribution in [1.29, 1.82) is 0 Å². The van der Waals surface area contributed by atoms with Crippen molar-refractivity contribution in [2.45, 2.75) is 32.5 Å². The summed E-state index contributed by atoms with van der Waals surface area (Å²) in [5.74, 6) is -0.276. The summed E-state index contributed by atoms with van der Waals surface area (Å²) in [5.41, 5.74) is -0.107. The molecule has 0 spiro atoms. The van der Waals surface area contributed by atoms with Gasteiger partial charge >= 0.3 is 12.1 Å². The molecule has 8 heteroatoms. The Morgan fingerprint density at radius 3 is 2.44 bits per heavy atom. The van der Waals surface area contributed by atoms with Crippen LogP contribution in [0.4, 0.5) is 13.2 Å². The Labute approximate surface area is 152 Å². The fourth-order valence-electron chi connectivity index (χ4n) is 2.55. The summed E-state index contributed by atoms with van der Waals surface area (Å²) in [4.78, 5) is 18.4. The molecule has 0 unspecified atom stereocenters. The van der Waals surface area contributed by atoms with Gasteiger partial charge in [0.15, 0.2) is 5.60 Å². The van der Waals surface area contributed by atoms with E-state index >= 15 is 0 Å². The number of nitrogens with one attached hydrogen (secondary N) is 1. The number of aliphatic carboxylic acids is 1. The highest BCUT2D eigenvalue weighted by Crippen LogP contribution is 2.32. The van der Waals surface area contributed by atoms with Crippen molar-refractivity contribution in [3.63, 3.8) is 0 Å². The number of halogens is 3. The lowest BCUT2D eigenvalue weighted by Gasteiger charge is -2.22. The topological polar surface area (TPSA) is 75.2 Å². The van der Waals surface area contributed by atoms with E-state index in [9.17, 15) is 18.0 Å². The molecule has 0 aliphatic rings. The van der Waals surface area contributed by atoms with E-state index in [-0.39, 0.29) is 5.52 Å². The molecule has 1 heterocycles. The van der Waals surface area contributed by atoms with Gasteiger partial charge in [0.1, 0.15) is 11.6 Å². The predicted molar refractivity (Wildman–Crippen MR) is 93.6 cm³/mol. The average Bonchev–Trinajstić information content (AvgIpc) is 2.98. The molecular formula is C19H17F3N2O3. The summed E-state index contributed by atoms with van der Waals surface area (Å²) in [7, 11) is 0. The number of nitrogens with zero attached hydrogens (tertiary/aromatic N) is 1. The van der Waals surface area contributed by atoms with Gasteiger partial charge in [-0.25, -0.2) is 9.78 Å². The van der Waals surface area contributed by atoms with Crippen LogP contribution in [0.15, 0.2) is 36.4 Å². The quantitative estimate of drug-likeness (QED) is 0.684. The maximum atomic E-state index is 12.8. The third-order valence-electron chi connectivity index (χ3n) is 4.14. The van der Waals surface area contributed by atoms with Crippen LogP contribution in [0.2, 0.25) is 0 Å². The second-order valence-electron chi connectivity index (χ2n) is 6.71. The molecule has 0 atom stereocenters. The highest BCUT2D eigenvalue weighted by molar-refractivity contribution is 5.80. The smallest absolute Gasteiger partial charge is 0.416 e. The molecular weight excluding hydrogens is 361 g/mol. The zero-order chi connectivity index (χ0) is 20.0. The van der Waals surface area contributed by atoms with Gasteiger partial charge in [0.25, 0.3) is 0 Å². The van der Waals surface area contributed by atoms with Gasteiger partial charge < -0.3 is 14.8 Å². The van der Waals surface area contributed by atoms with Crippen LogP contribution in [0.1, 0.15) is 25.0 Å². The molecule has 5 nitrogen and oxygen atoms in total. The Kier molecular flexibility index (Phi) is 4.37. The highest BCUT2D eigenvalue weighted by atomic mass is 19.4. The van der Waals surface area contributed by atoms with Crippen LogP contribution in [-0.4, -0.2) is 26.6 Å². The van der Waals surface area contributed by atoms with E-state index in [0.717, 1.165) is 12.1 Å². The van der Waals surface area contributed by atoms with Crippen LogP contribution in [0.25, 0.3) is 22.4 Å². The van der Waals surface area contributed by atoms with E-state index in [1.54, 1.807) is 25.1 Å². The van der Waals surface area contributed by atoms with E-state index in [2.05, 4.69) is 9.97 Å². The van der Waals surface area contributed by atoms with E-state index in [1.807, 2.05) is 0 Å². The van der Waals surface area contributed by atoms with Gasteiger partial charge in [0.05, 0.1) is 16.6 Å². The van der Waals surface area contributed by atoms with Crippen molar-refractivity contribution < 1.29 is 27.8 Å². The fourth-order valence-corrected chi connectivity index (χ4v) is 2.55. The number of carboxylic acids is 1. The number of imidazole rings is 1. The molecule has 3 aromatic rings.